The van der Waals surface area contributed by atoms with E-state index in [2.05, 4.69) is 5.32 Å². The summed E-state index contributed by atoms with van der Waals surface area (Å²) in [5, 5.41) is 3.48. The van der Waals surface area contributed by atoms with E-state index in [0.717, 1.165) is 18.4 Å². The van der Waals surface area contributed by atoms with Crippen molar-refractivity contribution in [3.63, 3.8) is 0 Å². The zero-order chi connectivity index (χ0) is 14.9. The maximum absolute atomic E-state index is 12.4. The lowest BCUT2D eigenvalue weighted by molar-refractivity contribution is -0.148. The zero-order valence-electron chi connectivity index (χ0n) is 12.5. The number of fused-ring (bicyclic) bond motifs is 1. The Balaban J connectivity index is 1.92. The highest BCUT2D eigenvalue weighted by molar-refractivity contribution is 5.82. The lowest BCUT2D eigenvalue weighted by Gasteiger charge is -2.32. The molecule has 0 amide bonds. The Bertz CT molecular complexity index is 539. The van der Waals surface area contributed by atoms with Gasteiger partial charge in [-0.25, -0.2) is 4.79 Å². The molecular weight excluding hydrogens is 270 g/mol. The molecule has 2 aliphatic rings. The molecule has 1 saturated carbocycles. The Morgan fingerprint density at radius 2 is 2.00 bits per heavy atom. The fourth-order valence-corrected chi connectivity index (χ4v) is 3.15. The number of nitrogens with one attached hydrogen (secondary N) is 1. The van der Waals surface area contributed by atoms with Crippen LogP contribution in [0.2, 0.25) is 0 Å². The summed E-state index contributed by atoms with van der Waals surface area (Å²) < 4.78 is 15.8. The summed E-state index contributed by atoms with van der Waals surface area (Å²) >= 11 is 0. The molecule has 0 saturated heterocycles. The van der Waals surface area contributed by atoms with E-state index in [0.29, 0.717) is 17.5 Å². The molecular formula is C16H21NO4. The molecule has 1 aliphatic heterocycles. The van der Waals surface area contributed by atoms with Gasteiger partial charge in [0.2, 0.25) is 6.79 Å². The van der Waals surface area contributed by atoms with Crippen LogP contribution in [-0.4, -0.2) is 25.9 Å². The van der Waals surface area contributed by atoms with Crippen LogP contribution in [0.25, 0.3) is 0 Å². The highest BCUT2D eigenvalue weighted by Gasteiger charge is 2.39. The van der Waals surface area contributed by atoms with Gasteiger partial charge in [0, 0.05) is 6.04 Å². The molecule has 1 heterocycles. The number of esters is 1. The van der Waals surface area contributed by atoms with Gasteiger partial charge in [-0.15, -0.1) is 0 Å². The molecule has 5 nitrogen and oxygen atoms in total. The summed E-state index contributed by atoms with van der Waals surface area (Å²) in [6.07, 6.45) is 4.60. The molecule has 1 aromatic rings. The number of benzene rings is 1. The first kappa shape index (κ1) is 14.2. The number of hydrogen-bond acceptors (Lipinski definition) is 5. The summed E-state index contributed by atoms with van der Waals surface area (Å²) in [5.74, 6) is 1.11. The maximum atomic E-state index is 12.4. The van der Waals surface area contributed by atoms with Crippen LogP contribution in [0, 0.1) is 0 Å². The first-order chi connectivity index (χ1) is 10.1. The lowest BCUT2D eigenvalue weighted by atomic mass is 9.90. The SMILES string of the molecule is COC(=O)C(C)(NC1CCCC1)c1ccc2c(c1)OCO2. The van der Waals surface area contributed by atoms with E-state index < -0.39 is 5.54 Å². The minimum absolute atomic E-state index is 0.226. The summed E-state index contributed by atoms with van der Waals surface area (Å²) in [4.78, 5) is 12.4. The van der Waals surface area contributed by atoms with E-state index >= 15 is 0 Å². The van der Waals surface area contributed by atoms with Crippen LogP contribution in [0.1, 0.15) is 38.2 Å². The third-order valence-corrected chi connectivity index (χ3v) is 4.39. The molecule has 0 bridgehead atoms. The van der Waals surface area contributed by atoms with Crippen molar-refractivity contribution in [2.75, 3.05) is 13.9 Å². The third-order valence-electron chi connectivity index (χ3n) is 4.39. The van der Waals surface area contributed by atoms with Crippen LogP contribution in [0.15, 0.2) is 18.2 Å². The highest BCUT2D eigenvalue weighted by atomic mass is 16.7. The Morgan fingerprint density at radius 3 is 2.71 bits per heavy atom. The van der Waals surface area contributed by atoms with Gasteiger partial charge in [0.15, 0.2) is 11.5 Å². The van der Waals surface area contributed by atoms with Crippen LogP contribution >= 0.6 is 0 Å². The van der Waals surface area contributed by atoms with E-state index in [1.807, 2.05) is 25.1 Å². The molecule has 1 unspecified atom stereocenters. The summed E-state index contributed by atoms with van der Waals surface area (Å²) in [7, 11) is 1.42. The summed E-state index contributed by atoms with van der Waals surface area (Å²) in [6, 6.07) is 5.95. The number of carbonyl (C=O) groups is 1. The molecule has 1 fully saturated rings. The van der Waals surface area contributed by atoms with Crippen molar-refractivity contribution in [1.29, 1.82) is 0 Å². The number of ether oxygens (including phenoxy) is 3. The van der Waals surface area contributed by atoms with E-state index in [4.69, 9.17) is 14.2 Å². The number of rotatable bonds is 4. The second-order valence-corrected chi connectivity index (χ2v) is 5.81. The summed E-state index contributed by atoms with van der Waals surface area (Å²) in [5.41, 5.74) is -0.0319. The first-order valence-corrected chi connectivity index (χ1v) is 7.40. The number of methoxy groups -OCH3 is 1. The monoisotopic (exact) mass is 291 g/mol. The molecule has 1 aliphatic carbocycles. The van der Waals surface area contributed by atoms with Crippen molar-refractivity contribution in [1.82, 2.24) is 5.32 Å². The molecule has 1 aromatic carbocycles. The fourth-order valence-electron chi connectivity index (χ4n) is 3.15. The lowest BCUT2D eigenvalue weighted by Crippen LogP contribution is -2.51. The van der Waals surface area contributed by atoms with E-state index in [-0.39, 0.29) is 12.8 Å². The normalized spacial score (nSPS) is 20.3. The van der Waals surface area contributed by atoms with Gasteiger partial charge in [0.05, 0.1) is 7.11 Å². The van der Waals surface area contributed by atoms with Crippen molar-refractivity contribution >= 4 is 5.97 Å². The molecule has 5 heteroatoms. The second kappa shape index (κ2) is 5.56. The van der Waals surface area contributed by atoms with E-state index in [1.165, 1.54) is 20.0 Å². The van der Waals surface area contributed by atoms with Crippen LogP contribution < -0.4 is 14.8 Å². The van der Waals surface area contributed by atoms with Crippen molar-refractivity contribution in [3.8, 4) is 11.5 Å². The standard InChI is InChI=1S/C16H21NO4/c1-16(15(18)19-2,17-12-5-3-4-6-12)11-7-8-13-14(9-11)21-10-20-13/h7-9,12,17H,3-6,10H2,1-2H3. The predicted octanol–water partition coefficient (Wildman–Crippen LogP) is 2.34. The highest BCUT2D eigenvalue weighted by Crippen LogP contribution is 2.37. The second-order valence-electron chi connectivity index (χ2n) is 5.81. The Labute approximate surface area is 124 Å². The number of hydrogen-bond donors (Lipinski definition) is 1. The molecule has 21 heavy (non-hydrogen) atoms. The van der Waals surface area contributed by atoms with Crippen LogP contribution in [0.3, 0.4) is 0 Å². The minimum atomic E-state index is -0.870. The molecule has 0 radical (unpaired) electrons. The van der Waals surface area contributed by atoms with Crippen molar-refractivity contribution in [2.24, 2.45) is 0 Å². The maximum Gasteiger partial charge on any atom is 0.330 e. The largest absolute Gasteiger partial charge is 0.467 e. The Morgan fingerprint density at radius 1 is 1.29 bits per heavy atom. The molecule has 0 spiro atoms. The van der Waals surface area contributed by atoms with Gasteiger partial charge in [0.25, 0.3) is 0 Å². The molecule has 3 rings (SSSR count). The van der Waals surface area contributed by atoms with Crippen molar-refractivity contribution in [2.45, 2.75) is 44.2 Å². The van der Waals surface area contributed by atoms with Crippen LogP contribution in [0.4, 0.5) is 0 Å². The van der Waals surface area contributed by atoms with Gasteiger partial charge < -0.3 is 14.2 Å². The molecule has 114 valence electrons. The smallest absolute Gasteiger partial charge is 0.330 e. The fraction of sp³-hybridized carbons (Fsp3) is 0.562. The van der Waals surface area contributed by atoms with Crippen molar-refractivity contribution < 1.29 is 19.0 Å². The van der Waals surface area contributed by atoms with Crippen LogP contribution in [0.5, 0.6) is 11.5 Å². The quantitative estimate of drug-likeness (QED) is 0.863. The molecule has 1 atom stereocenters. The Kier molecular flexibility index (Phi) is 3.76. The van der Waals surface area contributed by atoms with E-state index in [9.17, 15) is 4.79 Å². The van der Waals surface area contributed by atoms with Crippen molar-refractivity contribution in [3.05, 3.63) is 23.8 Å². The average Bonchev–Trinajstić information content (AvgIpc) is 3.16. The first-order valence-electron chi connectivity index (χ1n) is 7.40. The van der Waals surface area contributed by atoms with Gasteiger partial charge in [-0.05, 0) is 37.5 Å². The predicted molar refractivity (Wildman–Crippen MR) is 77.3 cm³/mol. The number of carbonyl (C=O) groups excluding carboxylic acids is 1. The van der Waals surface area contributed by atoms with Gasteiger partial charge in [0.1, 0.15) is 5.54 Å². The zero-order valence-corrected chi connectivity index (χ0v) is 12.5. The molecule has 1 N–H and O–H groups in total. The summed E-state index contributed by atoms with van der Waals surface area (Å²) in [6.45, 7) is 2.10. The third kappa shape index (κ3) is 2.58. The Hall–Kier alpha value is -1.75. The average molecular weight is 291 g/mol. The van der Waals surface area contributed by atoms with Gasteiger partial charge in [-0.2, -0.15) is 0 Å². The van der Waals surface area contributed by atoms with E-state index in [1.54, 1.807) is 0 Å². The molecule has 0 aromatic heterocycles. The minimum Gasteiger partial charge on any atom is -0.467 e. The van der Waals surface area contributed by atoms with Crippen LogP contribution in [-0.2, 0) is 15.1 Å². The topological polar surface area (TPSA) is 56.8 Å². The van der Waals surface area contributed by atoms with Gasteiger partial charge in [-0.3, -0.25) is 5.32 Å². The van der Waals surface area contributed by atoms with Gasteiger partial charge >= 0.3 is 5.97 Å². The van der Waals surface area contributed by atoms with Gasteiger partial charge in [-0.1, -0.05) is 18.9 Å².